The predicted molar refractivity (Wildman–Crippen MR) is 50.3 cm³/mol. The first-order valence-electron chi connectivity index (χ1n) is 4.62. The summed E-state index contributed by atoms with van der Waals surface area (Å²) in [6.07, 6.45) is 1.76. The molecular weight excluding hydrogens is 154 g/mol. The Morgan fingerprint density at radius 1 is 1.50 bits per heavy atom. The van der Waals surface area contributed by atoms with Crippen LogP contribution in [0.3, 0.4) is 0 Å². The second-order valence-corrected chi connectivity index (χ2v) is 3.10. The van der Waals surface area contributed by atoms with E-state index in [1.807, 2.05) is 13.8 Å². The van der Waals surface area contributed by atoms with Gasteiger partial charge in [-0.05, 0) is 26.3 Å². The van der Waals surface area contributed by atoms with Crippen LogP contribution in [0.4, 0.5) is 0 Å². The third kappa shape index (κ3) is 6.58. The summed E-state index contributed by atoms with van der Waals surface area (Å²) in [5, 5.41) is 12.4. The van der Waals surface area contributed by atoms with Gasteiger partial charge in [0.15, 0.2) is 0 Å². The maximum absolute atomic E-state index is 9.21. The smallest absolute Gasteiger partial charge is 0.0667 e. The van der Waals surface area contributed by atoms with E-state index < -0.39 is 0 Å². The molecular formula is C9H21NO2. The lowest BCUT2D eigenvalue weighted by molar-refractivity contribution is 0.114. The molecule has 0 fully saturated rings. The summed E-state index contributed by atoms with van der Waals surface area (Å²) < 4.78 is 5.06. The molecule has 2 atom stereocenters. The maximum atomic E-state index is 9.21. The van der Waals surface area contributed by atoms with E-state index in [4.69, 9.17) is 4.74 Å². The minimum atomic E-state index is -0.157. The molecule has 0 amide bonds. The summed E-state index contributed by atoms with van der Waals surface area (Å²) in [5.41, 5.74) is 0. The summed E-state index contributed by atoms with van der Waals surface area (Å²) >= 11 is 0. The summed E-state index contributed by atoms with van der Waals surface area (Å²) in [7, 11) is 1.70. The van der Waals surface area contributed by atoms with Crippen molar-refractivity contribution in [1.82, 2.24) is 5.32 Å². The second-order valence-electron chi connectivity index (χ2n) is 3.10. The van der Waals surface area contributed by atoms with Crippen LogP contribution < -0.4 is 5.32 Å². The molecule has 74 valence electrons. The average molecular weight is 175 g/mol. The van der Waals surface area contributed by atoms with Gasteiger partial charge in [0.05, 0.1) is 12.2 Å². The molecule has 0 saturated carbocycles. The zero-order valence-electron chi connectivity index (χ0n) is 8.34. The van der Waals surface area contributed by atoms with Gasteiger partial charge in [0, 0.05) is 13.7 Å². The number of rotatable bonds is 7. The highest BCUT2D eigenvalue weighted by Gasteiger charge is 2.01. The zero-order valence-corrected chi connectivity index (χ0v) is 8.34. The largest absolute Gasteiger partial charge is 0.393 e. The molecule has 0 aliphatic rings. The van der Waals surface area contributed by atoms with E-state index in [9.17, 15) is 5.11 Å². The molecule has 0 bridgehead atoms. The molecule has 0 rings (SSSR count). The van der Waals surface area contributed by atoms with Crippen molar-refractivity contribution in [1.29, 1.82) is 0 Å². The number of hydrogen-bond donors (Lipinski definition) is 2. The Hall–Kier alpha value is -0.120. The van der Waals surface area contributed by atoms with Crippen LogP contribution in [0.25, 0.3) is 0 Å². The predicted octanol–water partition coefficient (Wildman–Crippen LogP) is 0.772. The van der Waals surface area contributed by atoms with E-state index in [0.717, 1.165) is 25.9 Å². The van der Waals surface area contributed by atoms with E-state index in [2.05, 4.69) is 5.32 Å². The van der Waals surface area contributed by atoms with Crippen molar-refractivity contribution >= 4 is 0 Å². The quantitative estimate of drug-likeness (QED) is 0.562. The fraction of sp³-hybridized carbons (Fsp3) is 1.00. The van der Waals surface area contributed by atoms with Crippen LogP contribution in [0.2, 0.25) is 0 Å². The Labute approximate surface area is 75.1 Å². The molecule has 3 nitrogen and oxygen atoms in total. The molecule has 0 aliphatic carbocycles. The number of hydrogen-bond acceptors (Lipinski definition) is 3. The van der Waals surface area contributed by atoms with E-state index in [1.165, 1.54) is 0 Å². The zero-order chi connectivity index (χ0) is 9.40. The van der Waals surface area contributed by atoms with Gasteiger partial charge in [0.2, 0.25) is 0 Å². The lowest BCUT2D eigenvalue weighted by atomic mass is 10.2. The number of nitrogens with one attached hydrogen (secondary N) is 1. The van der Waals surface area contributed by atoms with Crippen LogP contribution in [0.5, 0.6) is 0 Å². The highest BCUT2D eigenvalue weighted by Crippen LogP contribution is 1.94. The SMILES string of the molecule is CCC(O)CCNCC(C)OC. The van der Waals surface area contributed by atoms with Crippen molar-refractivity contribution in [2.24, 2.45) is 0 Å². The Kier molecular flexibility index (Phi) is 7.45. The molecule has 0 aromatic rings. The Morgan fingerprint density at radius 2 is 2.17 bits per heavy atom. The number of aliphatic hydroxyl groups excluding tert-OH is 1. The van der Waals surface area contributed by atoms with E-state index in [0.29, 0.717) is 0 Å². The molecule has 0 radical (unpaired) electrons. The first kappa shape index (κ1) is 11.9. The first-order chi connectivity index (χ1) is 5.70. The van der Waals surface area contributed by atoms with Gasteiger partial charge in [0.1, 0.15) is 0 Å². The topological polar surface area (TPSA) is 41.5 Å². The van der Waals surface area contributed by atoms with Gasteiger partial charge < -0.3 is 15.2 Å². The summed E-state index contributed by atoms with van der Waals surface area (Å²) in [6.45, 7) is 5.72. The van der Waals surface area contributed by atoms with E-state index in [1.54, 1.807) is 7.11 Å². The number of methoxy groups -OCH3 is 1. The van der Waals surface area contributed by atoms with E-state index in [-0.39, 0.29) is 12.2 Å². The molecule has 0 aliphatic heterocycles. The van der Waals surface area contributed by atoms with Crippen molar-refractivity contribution in [2.45, 2.75) is 38.9 Å². The fourth-order valence-corrected chi connectivity index (χ4v) is 0.861. The van der Waals surface area contributed by atoms with Gasteiger partial charge in [-0.25, -0.2) is 0 Å². The van der Waals surface area contributed by atoms with Crippen molar-refractivity contribution in [3.05, 3.63) is 0 Å². The van der Waals surface area contributed by atoms with Crippen LogP contribution in [0.15, 0.2) is 0 Å². The highest BCUT2D eigenvalue weighted by atomic mass is 16.5. The number of ether oxygens (including phenoxy) is 1. The Morgan fingerprint density at radius 3 is 2.67 bits per heavy atom. The molecule has 2 N–H and O–H groups in total. The maximum Gasteiger partial charge on any atom is 0.0667 e. The molecule has 0 spiro atoms. The van der Waals surface area contributed by atoms with Crippen molar-refractivity contribution in [3.63, 3.8) is 0 Å². The lowest BCUT2D eigenvalue weighted by Crippen LogP contribution is -2.28. The normalized spacial score (nSPS) is 16.0. The van der Waals surface area contributed by atoms with Gasteiger partial charge in [-0.15, -0.1) is 0 Å². The molecule has 0 saturated heterocycles. The van der Waals surface area contributed by atoms with Gasteiger partial charge in [0.25, 0.3) is 0 Å². The van der Waals surface area contributed by atoms with Crippen molar-refractivity contribution < 1.29 is 9.84 Å². The van der Waals surface area contributed by atoms with Gasteiger partial charge >= 0.3 is 0 Å². The van der Waals surface area contributed by atoms with E-state index >= 15 is 0 Å². The van der Waals surface area contributed by atoms with Crippen LogP contribution in [0, 0.1) is 0 Å². The summed E-state index contributed by atoms with van der Waals surface area (Å²) in [6, 6.07) is 0. The minimum Gasteiger partial charge on any atom is -0.393 e. The minimum absolute atomic E-state index is 0.157. The molecule has 0 aromatic carbocycles. The third-order valence-electron chi connectivity index (χ3n) is 1.96. The van der Waals surface area contributed by atoms with Gasteiger partial charge in [-0.2, -0.15) is 0 Å². The highest BCUT2D eigenvalue weighted by molar-refractivity contribution is 4.58. The van der Waals surface area contributed by atoms with Gasteiger partial charge in [-0.1, -0.05) is 6.92 Å². The monoisotopic (exact) mass is 175 g/mol. The Bertz CT molecular complexity index is 86.5. The average Bonchev–Trinajstić information content (AvgIpc) is 2.11. The molecule has 0 aromatic heterocycles. The van der Waals surface area contributed by atoms with Crippen LogP contribution in [-0.2, 0) is 4.74 Å². The lowest BCUT2D eigenvalue weighted by Gasteiger charge is -2.12. The third-order valence-corrected chi connectivity index (χ3v) is 1.96. The molecule has 0 heterocycles. The second kappa shape index (κ2) is 7.53. The van der Waals surface area contributed by atoms with Gasteiger partial charge in [-0.3, -0.25) is 0 Å². The first-order valence-corrected chi connectivity index (χ1v) is 4.62. The standard InChI is InChI=1S/C9H21NO2/c1-4-9(11)5-6-10-7-8(2)12-3/h8-11H,4-7H2,1-3H3. The van der Waals surface area contributed by atoms with Crippen molar-refractivity contribution in [2.75, 3.05) is 20.2 Å². The molecule has 3 heteroatoms. The molecule has 2 unspecified atom stereocenters. The fourth-order valence-electron chi connectivity index (χ4n) is 0.861. The Balaban J connectivity index is 3.10. The molecule has 12 heavy (non-hydrogen) atoms. The van der Waals surface area contributed by atoms with Crippen LogP contribution in [0.1, 0.15) is 26.7 Å². The summed E-state index contributed by atoms with van der Waals surface area (Å²) in [4.78, 5) is 0. The summed E-state index contributed by atoms with van der Waals surface area (Å²) in [5.74, 6) is 0. The van der Waals surface area contributed by atoms with Crippen molar-refractivity contribution in [3.8, 4) is 0 Å². The van der Waals surface area contributed by atoms with Crippen LogP contribution >= 0.6 is 0 Å². The number of aliphatic hydroxyl groups is 1. The van der Waals surface area contributed by atoms with Crippen LogP contribution in [-0.4, -0.2) is 37.5 Å².